The summed E-state index contributed by atoms with van der Waals surface area (Å²) in [6.07, 6.45) is 2.07. The molecule has 2 aromatic rings. The van der Waals surface area contributed by atoms with Gasteiger partial charge in [0.15, 0.2) is 0 Å². The van der Waals surface area contributed by atoms with Gasteiger partial charge in [-0.05, 0) is 43.9 Å². The molecule has 3 amide bonds. The minimum Gasteiger partial charge on any atom is -0.339 e. The molecule has 0 spiro atoms. The largest absolute Gasteiger partial charge is 0.339 e. The van der Waals surface area contributed by atoms with Crippen molar-refractivity contribution in [3.63, 3.8) is 0 Å². The van der Waals surface area contributed by atoms with Crippen LogP contribution in [-0.4, -0.2) is 29.9 Å². The van der Waals surface area contributed by atoms with E-state index >= 15 is 0 Å². The monoisotopic (exact) mass is 351 g/mol. The molecule has 1 aliphatic heterocycles. The number of urea groups is 1. The molecular weight excluding hydrogens is 326 g/mol. The molecule has 1 atom stereocenters. The molecule has 26 heavy (non-hydrogen) atoms. The molecule has 136 valence electrons. The predicted octanol–water partition coefficient (Wildman–Crippen LogP) is 4.11. The normalized spacial score (nSPS) is 14.8. The Hall–Kier alpha value is -2.82. The smallest absolute Gasteiger partial charge is 0.319 e. The lowest BCUT2D eigenvalue weighted by Crippen LogP contribution is -2.33. The minimum absolute atomic E-state index is 0.0161. The number of nitrogens with zero attached hydrogens (tertiary/aromatic N) is 1. The summed E-state index contributed by atoms with van der Waals surface area (Å²) < 4.78 is 0. The molecule has 1 saturated heterocycles. The third kappa shape index (κ3) is 4.04. The van der Waals surface area contributed by atoms with Gasteiger partial charge in [-0.3, -0.25) is 4.79 Å². The van der Waals surface area contributed by atoms with Crippen molar-refractivity contribution in [2.75, 3.05) is 18.4 Å². The number of benzene rings is 2. The van der Waals surface area contributed by atoms with E-state index in [2.05, 4.69) is 10.6 Å². The van der Waals surface area contributed by atoms with Gasteiger partial charge >= 0.3 is 6.03 Å². The number of hydrogen-bond acceptors (Lipinski definition) is 2. The fraction of sp³-hybridized carbons (Fsp3) is 0.333. The summed E-state index contributed by atoms with van der Waals surface area (Å²) in [5.41, 5.74) is 3.04. The predicted molar refractivity (Wildman–Crippen MR) is 103 cm³/mol. The quantitative estimate of drug-likeness (QED) is 0.871. The van der Waals surface area contributed by atoms with Crippen LogP contribution in [0.25, 0.3) is 0 Å². The van der Waals surface area contributed by atoms with Gasteiger partial charge in [-0.15, -0.1) is 0 Å². The lowest BCUT2D eigenvalue weighted by Gasteiger charge is -2.20. The van der Waals surface area contributed by atoms with Gasteiger partial charge in [0.25, 0.3) is 5.91 Å². The van der Waals surface area contributed by atoms with Crippen LogP contribution in [0, 0.1) is 6.92 Å². The first kappa shape index (κ1) is 18.0. The molecule has 0 aromatic heterocycles. The molecule has 0 radical (unpaired) electrons. The Balaban J connectivity index is 1.74. The van der Waals surface area contributed by atoms with Crippen molar-refractivity contribution in [1.82, 2.24) is 10.2 Å². The number of carbonyl (C=O) groups is 2. The number of aryl methyl sites for hydroxylation is 1. The van der Waals surface area contributed by atoms with Gasteiger partial charge in [0.1, 0.15) is 0 Å². The Labute approximate surface area is 154 Å². The molecule has 3 rings (SSSR count). The van der Waals surface area contributed by atoms with E-state index in [9.17, 15) is 9.59 Å². The van der Waals surface area contributed by atoms with Crippen molar-refractivity contribution in [3.8, 4) is 0 Å². The number of carbonyl (C=O) groups excluding carboxylic acids is 2. The van der Waals surface area contributed by atoms with Gasteiger partial charge in [-0.1, -0.05) is 42.5 Å². The highest BCUT2D eigenvalue weighted by Gasteiger charge is 2.23. The Morgan fingerprint density at radius 1 is 1.00 bits per heavy atom. The van der Waals surface area contributed by atoms with E-state index in [1.54, 1.807) is 6.07 Å². The van der Waals surface area contributed by atoms with Crippen molar-refractivity contribution < 1.29 is 9.59 Å². The fourth-order valence-electron chi connectivity index (χ4n) is 3.27. The third-order valence-electron chi connectivity index (χ3n) is 4.78. The molecule has 0 saturated carbocycles. The lowest BCUT2D eigenvalue weighted by molar-refractivity contribution is 0.0794. The average Bonchev–Trinajstić information content (AvgIpc) is 3.18. The molecule has 5 heteroatoms. The number of nitrogens with one attached hydrogen (secondary N) is 2. The van der Waals surface area contributed by atoms with E-state index in [1.165, 1.54) is 0 Å². The zero-order valence-corrected chi connectivity index (χ0v) is 15.3. The average molecular weight is 351 g/mol. The molecule has 0 aliphatic carbocycles. The molecular formula is C21H25N3O2. The Kier molecular flexibility index (Phi) is 5.56. The van der Waals surface area contributed by atoms with Crippen LogP contribution in [0.5, 0.6) is 0 Å². The van der Waals surface area contributed by atoms with Crippen molar-refractivity contribution in [1.29, 1.82) is 0 Å². The standard InChI is InChI=1S/C21H25N3O2/c1-15-9-8-12-18(20(25)24-13-6-7-14-24)19(15)23-21(26)22-16(2)17-10-4-3-5-11-17/h3-5,8-12,16H,6-7,13-14H2,1-2H3,(H2,22,23,26). The minimum atomic E-state index is -0.314. The van der Waals surface area contributed by atoms with E-state index < -0.39 is 0 Å². The zero-order valence-electron chi connectivity index (χ0n) is 15.3. The zero-order chi connectivity index (χ0) is 18.5. The van der Waals surface area contributed by atoms with Crippen LogP contribution < -0.4 is 10.6 Å². The number of hydrogen-bond donors (Lipinski definition) is 2. The molecule has 1 aliphatic rings. The second kappa shape index (κ2) is 8.04. The Bertz CT molecular complexity index is 783. The van der Waals surface area contributed by atoms with Crippen LogP contribution in [-0.2, 0) is 0 Å². The van der Waals surface area contributed by atoms with Crippen molar-refractivity contribution in [2.45, 2.75) is 32.7 Å². The molecule has 2 N–H and O–H groups in total. The number of anilines is 1. The first-order valence-corrected chi connectivity index (χ1v) is 9.07. The van der Waals surface area contributed by atoms with E-state index in [0.717, 1.165) is 37.1 Å². The van der Waals surface area contributed by atoms with Gasteiger partial charge in [0.05, 0.1) is 17.3 Å². The summed E-state index contributed by atoms with van der Waals surface area (Å²) in [5.74, 6) is -0.0161. The first-order valence-electron chi connectivity index (χ1n) is 9.07. The summed E-state index contributed by atoms with van der Waals surface area (Å²) in [6.45, 7) is 5.40. The summed E-state index contributed by atoms with van der Waals surface area (Å²) in [4.78, 5) is 27.1. The summed E-state index contributed by atoms with van der Waals surface area (Å²) in [6, 6.07) is 14.9. The molecule has 1 fully saturated rings. The summed E-state index contributed by atoms with van der Waals surface area (Å²) in [5, 5.41) is 5.82. The Morgan fingerprint density at radius 3 is 2.38 bits per heavy atom. The van der Waals surface area contributed by atoms with Gasteiger partial charge < -0.3 is 15.5 Å². The van der Waals surface area contributed by atoms with Crippen LogP contribution in [0.1, 0.15) is 47.3 Å². The number of rotatable bonds is 4. The first-order chi connectivity index (χ1) is 12.6. The van der Waals surface area contributed by atoms with Crippen LogP contribution in [0.4, 0.5) is 10.5 Å². The topological polar surface area (TPSA) is 61.4 Å². The maximum Gasteiger partial charge on any atom is 0.319 e. The van der Waals surface area contributed by atoms with Crippen LogP contribution in [0.3, 0.4) is 0 Å². The van der Waals surface area contributed by atoms with Crippen molar-refractivity contribution in [3.05, 3.63) is 65.2 Å². The van der Waals surface area contributed by atoms with Crippen LogP contribution in [0.2, 0.25) is 0 Å². The second-order valence-corrected chi connectivity index (χ2v) is 6.73. The van der Waals surface area contributed by atoms with E-state index in [0.29, 0.717) is 11.3 Å². The summed E-state index contributed by atoms with van der Waals surface area (Å²) in [7, 11) is 0. The maximum atomic E-state index is 12.8. The van der Waals surface area contributed by atoms with E-state index in [1.807, 2.05) is 61.2 Å². The molecule has 5 nitrogen and oxygen atoms in total. The highest BCUT2D eigenvalue weighted by atomic mass is 16.2. The third-order valence-corrected chi connectivity index (χ3v) is 4.78. The molecule has 2 aromatic carbocycles. The van der Waals surface area contributed by atoms with Crippen molar-refractivity contribution >= 4 is 17.6 Å². The number of amides is 3. The number of likely N-dealkylation sites (tertiary alicyclic amines) is 1. The van der Waals surface area contributed by atoms with Gasteiger partial charge in [0, 0.05) is 13.1 Å². The summed E-state index contributed by atoms with van der Waals surface area (Å²) >= 11 is 0. The van der Waals surface area contributed by atoms with Crippen LogP contribution in [0.15, 0.2) is 48.5 Å². The van der Waals surface area contributed by atoms with E-state index in [4.69, 9.17) is 0 Å². The molecule has 1 heterocycles. The van der Waals surface area contributed by atoms with Gasteiger partial charge in [-0.25, -0.2) is 4.79 Å². The maximum absolute atomic E-state index is 12.8. The highest BCUT2D eigenvalue weighted by Crippen LogP contribution is 2.24. The highest BCUT2D eigenvalue weighted by molar-refractivity contribution is 6.04. The molecule has 1 unspecified atom stereocenters. The van der Waals surface area contributed by atoms with Crippen molar-refractivity contribution in [2.24, 2.45) is 0 Å². The number of para-hydroxylation sites is 1. The second-order valence-electron chi connectivity index (χ2n) is 6.73. The van der Waals surface area contributed by atoms with E-state index in [-0.39, 0.29) is 18.0 Å². The van der Waals surface area contributed by atoms with Gasteiger partial charge in [0.2, 0.25) is 0 Å². The Morgan fingerprint density at radius 2 is 1.69 bits per heavy atom. The van der Waals surface area contributed by atoms with Gasteiger partial charge in [-0.2, -0.15) is 0 Å². The van der Waals surface area contributed by atoms with Crippen LogP contribution >= 0.6 is 0 Å². The SMILES string of the molecule is Cc1cccc(C(=O)N2CCCC2)c1NC(=O)NC(C)c1ccccc1. The fourth-order valence-corrected chi connectivity index (χ4v) is 3.27. The molecule has 0 bridgehead atoms. The lowest BCUT2D eigenvalue weighted by atomic mass is 10.1.